The van der Waals surface area contributed by atoms with Gasteiger partial charge in [0.2, 0.25) is 0 Å². The van der Waals surface area contributed by atoms with Crippen LogP contribution in [-0.4, -0.2) is 23.9 Å². The SMILES string of the molecule is CC1CCC(N(C)C(=O)c2cc(N)ccc2F)CC1. The molecule has 0 unspecified atom stereocenters. The third-order valence-electron chi connectivity index (χ3n) is 4.07. The zero-order chi connectivity index (χ0) is 14.0. The molecule has 0 spiro atoms. The van der Waals surface area contributed by atoms with E-state index in [1.54, 1.807) is 11.9 Å². The quantitative estimate of drug-likeness (QED) is 0.834. The Morgan fingerprint density at radius 2 is 1.95 bits per heavy atom. The molecule has 2 N–H and O–H groups in total. The summed E-state index contributed by atoms with van der Waals surface area (Å²) in [7, 11) is 1.76. The lowest BCUT2D eigenvalue weighted by Gasteiger charge is -2.33. The number of rotatable bonds is 2. The molecule has 1 aromatic rings. The number of anilines is 1. The fraction of sp³-hybridized carbons (Fsp3) is 0.533. The van der Waals surface area contributed by atoms with Crippen LogP contribution in [0.15, 0.2) is 18.2 Å². The first-order valence-corrected chi connectivity index (χ1v) is 6.81. The Balaban J connectivity index is 2.12. The van der Waals surface area contributed by atoms with Crippen LogP contribution in [0.5, 0.6) is 0 Å². The summed E-state index contributed by atoms with van der Waals surface area (Å²) in [5, 5.41) is 0. The monoisotopic (exact) mass is 264 g/mol. The van der Waals surface area contributed by atoms with Crippen LogP contribution in [0, 0.1) is 11.7 Å². The average molecular weight is 264 g/mol. The maximum atomic E-state index is 13.7. The molecule has 1 fully saturated rings. The molecule has 1 amide bonds. The largest absolute Gasteiger partial charge is 0.399 e. The second kappa shape index (κ2) is 5.59. The highest BCUT2D eigenvalue weighted by molar-refractivity contribution is 5.95. The molecule has 0 bridgehead atoms. The maximum absolute atomic E-state index is 13.7. The lowest BCUT2D eigenvalue weighted by Crippen LogP contribution is -2.39. The normalized spacial score (nSPS) is 23.1. The fourth-order valence-corrected chi connectivity index (χ4v) is 2.69. The standard InChI is InChI=1S/C15H21FN2O/c1-10-3-6-12(7-4-10)18(2)15(19)13-9-11(17)5-8-14(13)16/h5,8-10,12H,3-4,6-7,17H2,1-2H3. The number of carbonyl (C=O) groups is 1. The lowest BCUT2D eigenvalue weighted by molar-refractivity contribution is 0.0675. The summed E-state index contributed by atoms with van der Waals surface area (Å²) in [6, 6.07) is 4.34. The summed E-state index contributed by atoms with van der Waals surface area (Å²) in [6.45, 7) is 2.23. The lowest BCUT2D eigenvalue weighted by atomic mass is 9.86. The van der Waals surface area contributed by atoms with Crippen molar-refractivity contribution in [1.29, 1.82) is 0 Å². The minimum absolute atomic E-state index is 0.0705. The molecule has 0 radical (unpaired) electrons. The third-order valence-corrected chi connectivity index (χ3v) is 4.07. The van der Waals surface area contributed by atoms with Crippen LogP contribution < -0.4 is 5.73 Å². The predicted molar refractivity (Wildman–Crippen MR) is 74.3 cm³/mol. The second-order valence-electron chi connectivity index (χ2n) is 5.57. The molecule has 1 aliphatic carbocycles. The smallest absolute Gasteiger partial charge is 0.256 e. The van der Waals surface area contributed by atoms with Gasteiger partial charge in [0.05, 0.1) is 5.56 Å². The number of hydrogen-bond acceptors (Lipinski definition) is 2. The van der Waals surface area contributed by atoms with E-state index < -0.39 is 5.82 Å². The molecule has 1 aliphatic rings. The van der Waals surface area contributed by atoms with Crippen LogP contribution >= 0.6 is 0 Å². The van der Waals surface area contributed by atoms with E-state index in [2.05, 4.69) is 6.92 Å². The van der Waals surface area contributed by atoms with Crippen LogP contribution in [0.25, 0.3) is 0 Å². The first-order chi connectivity index (χ1) is 8.99. The van der Waals surface area contributed by atoms with Crippen molar-refractivity contribution in [1.82, 2.24) is 4.90 Å². The van der Waals surface area contributed by atoms with Gasteiger partial charge in [-0.3, -0.25) is 4.79 Å². The number of nitrogens with two attached hydrogens (primary N) is 1. The number of carbonyl (C=O) groups excluding carboxylic acids is 1. The van der Waals surface area contributed by atoms with E-state index in [9.17, 15) is 9.18 Å². The Morgan fingerprint density at radius 3 is 2.58 bits per heavy atom. The molecule has 3 nitrogen and oxygen atoms in total. The minimum atomic E-state index is -0.504. The summed E-state index contributed by atoms with van der Waals surface area (Å²) < 4.78 is 13.7. The molecule has 1 aromatic carbocycles. The molecule has 0 saturated heterocycles. The minimum Gasteiger partial charge on any atom is -0.399 e. The van der Waals surface area contributed by atoms with E-state index in [0.29, 0.717) is 5.69 Å². The topological polar surface area (TPSA) is 46.3 Å². The van der Waals surface area contributed by atoms with Gasteiger partial charge in [0.25, 0.3) is 5.91 Å². The van der Waals surface area contributed by atoms with Gasteiger partial charge in [-0.15, -0.1) is 0 Å². The van der Waals surface area contributed by atoms with Gasteiger partial charge in [-0.05, 0) is 49.8 Å². The van der Waals surface area contributed by atoms with Crippen molar-refractivity contribution in [2.75, 3.05) is 12.8 Å². The van der Waals surface area contributed by atoms with Gasteiger partial charge in [-0.2, -0.15) is 0 Å². The first kappa shape index (κ1) is 13.8. The summed E-state index contributed by atoms with van der Waals surface area (Å²) in [5.74, 6) is -0.0524. The van der Waals surface area contributed by atoms with Crippen molar-refractivity contribution in [2.45, 2.75) is 38.6 Å². The van der Waals surface area contributed by atoms with Crippen LogP contribution in [-0.2, 0) is 0 Å². The summed E-state index contributed by atoms with van der Waals surface area (Å²) >= 11 is 0. The van der Waals surface area contributed by atoms with Crippen molar-refractivity contribution in [3.63, 3.8) is 0 Å². The summed E-state index contributed by atoms with van der Waals surface area (Å²) in [6.07, 6.45) is 4.24. The highest BCUT2D eigenvalue weighted by Crippen LogP contribution is 2.27. The van der Waals surface area contributed by atoms with E-state index in [-0.39, 0.29) is 17.5 Å². The molecule has 0 aromatic heterocycles. The first-order valence-electron chi connectivity index (χ1n) is 6.81. The Bertz CT molecular complexity index is 467. The number of amides is 1. The van der Waals surface area contributed by atoms with E-state index in [4.69, 9.17) is 5.73 Å². The van der Waals surface area contributed by atoms with Crippen LogP contribution in [0.1, 0.15) is 43.0 Å². The van der Waals surface area contributed by atoms with E-state index in [0.717, 1.165) is 31.6 Å². The van der Waals surface area contributed by atoms with E-state index in [1.807, 2.05) is 0 Å². The van der Waals surface area contributed by atoms with E-state index >= 15 is 0 Å². The summed E-state index contributed by atoms with van der Waals surface area (Å²) in [4.78, 5) is 14.0. The predicted octanol–water partition coefficient (Wildman–Crippen LogP) is 3.06. The number of benzene rings is 1. The van der Waals surface area contributed by atoms with Crippen molar-refractivity contribution in [2.24, 2.45) is 5.92 Å². The summed E-state index contributed by atoms with van der Waals surface area (Å²) in [5.41, 5.74) is 6.11. The molecular weight excluding hydrogens is 243 g/mol. The van der Waals surface area contributed by atoms with Crippen LogP contribution in [0.4, 0.5) is 10.1 Å². The molecule has 19 heavy (non-hydrogen) atoms. The molecule has 2 rings (SSSR count). The van der Waals surface area contributed by atoms with Gasteiger partial charge in [-0.25, -0.2) is 4.39 Å². The molecular formula is C15H21FN2O. The van der Waals surface area contributed by atoms with Gasteiger partial charge in [0.1, 0.15) is 5.82 Å². The molecule has 0 atom stereocenters. The van der Waals surface area contributed by atoms with Gasteiger partial charge < -0.3 is 10.6 Å². The Labute approximate surface area is 113 Å². The third kappa shape index (κ3) is 3.06. The second-order valence-corrected chi connectivity index (χ2v) is 5.57. The van der Waals surface area contributed by atoms with E-state index in [1.165, 1.54) is 18.2 Å². The van der Waals surface area contributed by atoms with Crippen molar-refractivity contribution in [3.8, 4) is 0 Å². The van der Waals surface area contributed by atoms with Gasteiger partial charge >= 0.3 is 0 Å². The van der Waals surface area contributed by atoms with Crippen molar-refractivity contribution >= 4 is 11.6 Å². The maximum Gasteiger partial charge on any atom is 0.256 e. The molecule has 104 valence electrons. The highest BCUT2D eigenvalue weighted by Gasteiger charge is 2.26. The van der Waals surface area contributed by atoms with Gasteiger partial charge in [0, 0.05) is 18.8 Å². The number of nitrogen functional groups attached to an aromatic ring is 1. The average Bonchev–Trinajstić information content (AvgIpc) is 2.41. The Morgan fingerprint density at radius 1 is 1.32 bits per heavy atom. The zero-order valence-electron chi connectivity index (χ0n) is 11.5. The van der Waals surface area contributed by atoms with Gasteiger partial charge in [-0.1, -0.05) is 6.92 Å². The number of nitrogens with zero attached hydrogens (tertiary/aromatic N) is 1. The highest BCUT2D eigenvalue weighted by atomic mass is 19.1. The molecule has 4 heteroatoms. The number of hydrogen-bond donors (Lipinski definition) is 1. The molecule has 0 heterocycles. The Kier molecular flexibility index (Phi) is 4.08. The fourth-order valence-electron chi connectivity index (χ4n) is 2.69. The van der Waals surface area contributed by atoms with Crippen LogP contribution in [0.3, 0.4) is 0 Å². The number of halogens is 1. The molecule has 1 saturated carbocycles. The van der Waals surface area contributed by atoms with Crippen molar-refractivity contribution < 1.29 is 9.18 Å². The zero-order valence-corrected chi connectivity index (χ0v) is 11.5. The van der Waals surface area contributed by atoms with Gasteiger partial charge in [0.15, 0.2) is 0 Å². The van der Waals surface area contributed by atoms with Crippen LogP contribution in [0.2, 0.25) is 0 Å². The molecule has 0 aliphatic heterocycles. The Hall–Kier alpha value is -1.58. The van der Waals surface area contributed by atoms with Crippen molar-refractivity contribution in [3.05, 3.63) is 29.6 Å².